The molecule has 8 aromatic carbocycles. The van der Waals surface area contributed by atoms with Crippen molar-refractivity contribution in [1.82, 2.24) is 0 Å². The van der Waals surface area contributed by atoms with Crippen LogP contribution >= 0.6 is 0 Å². The van der Waals surface area contributed by atoms with Crippen molar-refractivity contribution >= 4 is 45.5 Å². The molecule has 0 spiro atoms. The maximum Gasteiger partial charge on any atom is 0.137 e. The van der Waals surface area contributed by atoms with Crippen molar-refractivity contribution in [1.29, 1.82) is 0 Å². The Hall–Kier alpha value is -7.04. The molecule has 9 rings (SSSR count). The summed E-state index contributed by atoms with van der Waals surface area (Å²) in [4.78, 5) is 4.54. The van der Waals surface area contributed by atoms with E-state index in [4.69, 9.17) is 4.74 Å². The van der Waals surface area contributed by atoms with Gasteiger partial charge in [-0.25, -0.2) is 0 Å². The second kappa shape index (κ2) is 13.7. The zero-order valence-corrected chi connectivity index (χ0v) is 28.4. The van der Waals surface area contributed by atoms with Gasteiger partial charge in [0.1, 0.15) is 11.5 Å². The lowest BCUT2D eigenvalue weighted by Gasteiger charge is -2.26. The zero-order valence-electron chi connectivity index (χ0n) is 28.4. The number of hydrogen-bond acceptors (Lipinski definition) is 4. The third-order valence-corrected chi connectivity index (χ3v) is 9.42. The quantitative estimate of drug-likeness (QED) is 0.174. The summed E-state index contributed by atoms with van der Waals surface area (Å²) in [7, 11) is 0. The summed E-state index contributed by atoms with van der Waals surface area (Å²) < 4.78 is 6.82. The molecule has 0 aliphatic carbocycles. The van der Waals surface area contributed by atoms with Crippen molar-refractivity contribution in [2.24, 2.45) is 0 Å². The Kier molecular flexibility index (Phi) is 8.16. The fourth-order valence-corrected chi connectivity index (χ4v) is 7.06. The van der Waals surface area contributed by atoms with Crippen LogP contribution in [0.3, 0.4) is 0 Å². The van der Waals surface area contributed by atoms with E-state index < -0.39 is 0 Å². The molecule has 8 aromatic rings. The van der Waals surface area contributed by atoms with Gasteiger partial charge in [0.15, 0.2) is 0 Å². The highest BCUT2D eigenvalue weighted by Crippen LogP contribution is 2.51. The third kappa shape index (κ3) is 5.93. The molecule has 52 heavy (non-hydrogen) atoms. The van der Waals surface area contributed by atoms with Gasteiger partial charge in [-0.3, -0.25) is 0 Å². The predicted octanol–water partition coefficient (Wildman–Crippen LogP) is 13.8. The minimum atomic E-state index is 0.798. The van der Waals surface area contributed by atoms with E-state index in [1.165, 1.54) is 0 Å². The second-order valence-electron chi connectivity index (χ2n) is 12.7. The maximum absolute atomic E-state index is 6.82. The molecule has 4 nitrogen and oxygen atoms in total. The topological polar surface area (TPSA) is 27.7 Å². The van der Waals surface area contributed by atoms with E-state index in [9.17, 15) is 0 Å². The Balaban J connectivity index is 1.13. The fraction of sp³-hybridized carbons (Fsp3) is 0. The van der Waals surface area contributed by atoms with Crippen molar-refractivity contribution in [3.05, 3.63) is 206 Å². The van der Waals surface area contributed by atoms with Gasteiger partial charge < -0.3 is 19.9 Å². The van der Waals surface area contributed by atoms with Gasteiger partial charge >= 0.3 is 0 Å². The lowest BCUT2D eigenvalue weighted by atomic mass is 9.92. The number of para-hydroxylation sites is 5. The highest BCUT2D eigenvalue weighted by Gasteiger charge is 2.25. The first-order chi connectivity index (χ1) is 25.8. The number of nitrogens with zero attached hydrogens (tertiary/aromatic N) is 2. The molecule has 1 heterocycles. The molecule has 0 radical (unpaired) electrons. The SMILES string of the molecule is c1ccc(N(c2ccccc2)c2ccc(Nc3cccc4c3-c3ccc(N(c5ccccc5)c5ccccc5)cc3Oc3ccccc3-4)cc2)cc1. The highest BCUT2D eigenvalue weighted by molar-refractivity contribution is 5.99. The van der Waals surface area contributed by atoms with Gasteiger partial charge in [-0.15, -0.1) is 0 Å². The Bertz CT molecular complexity index is 2370. The van der Waals surface area contributed by atoms with E-state index >= 15 is 0 Å². The molecule has 0 saturated carbocycles. The molecule has 0 saturated heterocycles. The van der Waals surface area contributed by atoms with Crippen LogP contribution in [0.25, 0.3) is 22.3 Å². The summed E-state index contributed by atoms with van der Waals surface area (Å²) in [6.45, 7) is 0. The summed E-state index contributed by atoms with van der Waals surface area (Å²) in [5.41, 5.74) is 12.7. The van der Waals surface area contributed by atoms with Crippen molar-refractivity contribution in [3.8, 4) is 33.8 Å². The maximum atomic E-state index is 6.82. The normalized spacial score (nSPS) is 11.2. The fourth-order valence-electron chi connectivity index (χ4n) is 7.06. The number of rotatable bonds is 8. The largest absolute Gasteiger partial charge is 0.456 e. The Labute approximate surface area is 304 Å². The molecule has 1 N–H and O–H groups in total. The lowest BCUT2D eigenvalue weighted by Crippen LogP contribution is -2.10. The number of nitrogens with one attached hydrogen (secondary N) is 1. The van der Waals surface area contributed by atoms with E-state index in [0.717, 1.165) is 79.3 Å². The van der Waals surface area contributed by atoms with Crippen molar-refractivity contribution < 1.29 is 4.74 Å². The second-order valence-corrected chi connectivity index (χ2v) is 12.7. The monoisotopic (exact) mass is 669 g/mol. The van der Waals surface area contributed by atoms with E-state index in [1.54, 1.807) is 0 Å². The van der Waals surface area contributed by atoms with Gasteiger partial charge in [-0.2, -0.15) is 0 Å². The number of anilines is 8. The van der Waals surface area contributed by atoms with Crippen molar-refractivity contribution in [3.63, 3.8) is 0 Å². The first-order valence-electron chi connectivity index (χ1n) is 17.5. The average molecular weight is 670 g/mol. The van der Waals surface area contributed by atoms with Gasteiger partial charge in [0.2, 0.25) is 0 Å². The molecule has 4 heteroatoms. The Morgan fingerprint density at radius 2 is 0.788 bits per heavy atom. The smallest absolute Gasteiger partial charge is 0.137 e. The zero-order chi connectivity index (χ0) is 34.7. The van der Waals surface area contributed by atoms with E-state index in [1.807, 2.05) is 30.3 Å². The van der Waals surface area contributed by atoms with E-state index in [-0.39, 0.29) is 0 Å². The van der Waals surface area contributed by atoms with Crippen LogP contribution in [0.5, 0.6) is 11.5 Å². The summed E-state index contributed by atoms with van der Waals surface area (Å²) in [5.74, 6) is 1.63. The molecule has 0 bridgehead atoms. The first kappa shape index (κ1) is 31.0. The molecule has 248 valence electrons. The molecule has 0 unspecified atom stereocenters. The summed E-state index contributed by atoms with van der Waals surface area (Å²) in [6.07, 6.45) is 0. The van der Waals surface area contributed by atoms with Crippen LogP contribution in [0.4, 0.5) is 45.5 Å². The molecule has 0 amide bonds. The average Bonchev–Trinajstić information content (AvgIpc) is 3.35. The van der Waals surface area contributed by atoms with Gasteiger partial charge in [-0.1, -0.05) is 103 Å². The van der Waals surface area contributed by atoms with Crippen LogP contribution in [-0.2, 0) is 0 Å². The molecule has 0 atom stereocenters. The van der Waals surface area contributed by atoms with Crippen LogP contribution in [0.2, 0.25) is 0 Å². The van der Waals surface area contributed by atoms with Crippen LogP contribution in [0, 0.1) is 0 Å². The van der Waals surface area contributed by atoms with Crippen molar-refractivity contribution in [2.45, 2.75) is 0 Å². The molecular formula is C48H35N3O. The van der Waals surface area contributed by atoms with Crippen molar-refractivity contribution in [2.75, 3.05) is 15.1 Å². The molecule has 1 aliphatic rings. The predicted molar refractivity (Wildman–Crippen MR) is 216 cm³/mol. The summed E-state index contributed by atoms with van der Waals surface area (Å²) in [5, 5.41) is 3.78. The number of ether oxygens (including phenoxy) is 1. The van der Waals surface area contributed by atoms with Crippen LogP contribution in [0.1, 0.15) is 0 Å². The first-order valence-corrected chi connectivity index (χ1v) is 17.5. The van der Waals surface area contributed by atoms with Gasteiger partial charge in [0, 0.05) is 68.3 Å². The number of benzene rings is 8. The van der Waals surface area contributed by atoms with Gasteiger partial charge in [0.25, 0.3) is 0 Å². The van der Waals surface area contributed by atoms with E-state index in [2.05, 4.69) is 191 Å². The minimum absolute atomic E-state index is 0.798. The molecular weight excluding hydrogens is 635 g/mol. The third-order valence-electron chi connectivity index (χ3n) is 9.42. The van der Waals surface area contributed by atoms with Crippen LogP contribution < -0.4 is 19.9 Å². The lowest BCUT2D eigenvalue weighted by molar-refractivity contribution is 0.488. The Morgan fingerprint density at radius 1 is 0.327 bits per heavy atom. The summed E-state index contributed by atoms with van der Waals surface area (Å²) >= 11 is 0. The van der Waals surface area contributed by atoms with Crippen LogP contribution in [0.15, 0.2) is 206 Å². The van der Waals surface area contributed by atoms with Gasteiger partial charge in [0.05, 0.1) is 0 Å². The van der Waals surface area contributed by atoms with E-state index in [0.29, 0.717) is 0 Å². The molecule has 0 aromatic heterocycles. The molecule has 0 fully saturated rings. The Morgan fingerprint density at radius 3 is 1.37 bits per heavy atom. The van der Waals surface area contributed by atoms with Crippen LogP contribution in [-0.4, -0.2) is 0 Å². The summed E-state index contributed by atoms with van der Waals surface area (Å²) in [6, 6.07) is 71.8. The number of fused-ring (bicyclic) bond motifs is 5. The molecule has 1 aliphatic heterocycles. The minimum Gasteiger partial charge on any atom is -0.456 e. The standard InChI is InChI=1S/C48H35N3O/c1-5-16-36(17-6-1)50(37-18-7-2-8-19-37)40-30-28-35(29-31-40)49-45-26-15-25-43-42-24-13-14-27-46(42)52-47-34-41(32-33-44(47)48(43)45)51(38-20-9-3-10-21-38)39-22-11-4-12-23-39/h1-34,49H. The van der Waals surface area contributed by atoms with Gasteiger partial charge in [-0.05, 0) is 103 Å². The number of hydrogen-bond donors (Lipinski definition) is 1. The highest BCUT2D eigenvalue weighted by atomic mass is 16.5.